The number of benzene rings is 2. The third kappa shape index (κ3) is 3.19. The molecular formula is C20H21NO3. The van der Waals surface area contributed by atoms with E-state index in [4.69, 9.17) is 4.74 Å². The number of ether oxygens (including phenoxy) is 1. The predicted octanol–water partition coefficient (Wildman–Crippen LogP) is 3.57. The maximum absolute atomic E-state index is 12.1. The first-order valence-corrected chi connectivity index (χ1v) is 8.01. The van der Waals surface area contributed by atoms with Crippen LogP contribution in [-0.2, 0) is 4.79 Å². The first-order chi connectivity index (χ1) is 11.6. The molecule has 1 N–H and O–H groups in total. The Morgan fingerprint density at radius 2 is 2.00 bits per heavy atom. The lowest BCUT2D eigenvalue weighted by Gasteiger charge is -2.39. The molecule has 1 heterocycles. The largest absolute Gasteiger partial charge is 0.496 e. The zero-order valence-corrected chi connectivity index (χ0v) is 13.8. The topological polar surface area (TPSA) is 49.8 Å². The summed E-state index contributed by atoms with van der Waals surface area (Å²) in [6.07, 6.45) is 3.92. The summed E-state index contributed by atoms with van der Waals surface area (Å²) in [6, 6.07) is 15.5. The highest BCUT2D eigenvalue weighted by atomic mass is 16.5. The zero-order valence-electron chi connectivity index (χ0n) is 13.8. The number of β-lactam (4-membered cyclic amide) rings is 1. The van der Waals surface area contributed by atoms with Crippen LogP contribution in [0.2, 0.25) is 0 Å². The average Bonchev–Trinajstić information content (AvgIpc) is 2.59. The molecule has 1 aliphatic heterocycles. The van der Waals surface area contributed by atoms with Crippen molar-refractivity contribution in [2.75, 3.05) is 12.0 Å². The molecule has 24 heavy (non-hydrogen) atoms. The van der Waals surface area contributed by atoms with Crippen molar-refractivity contribution < 1.29 is 14.6 Å². The Morgan fingerprint density at radius 1 is 1.25 bits per heavy atom. The molecule has 1 saturated heterocycles. The Morgan fingerprint density at radius 3 is 2.62 bits per heavy atom. The summed E-state index contributed by atoms with van der Waals surface area (Å²) in [6.45, 7) is 1.69. The van der Waals surface area contributed by atoms with Gasteiger partial charge in [-0.05, 0) is 30.7 Å². The molecule has 2 atom stereocenters. The smallest absolute Gasteiger partial charge is 0.229 e. The molecule has 4 nitrogen and oxygen atoms in total. The van der Waals surface area contributed by atoms with Gasteiger partial charge in [0.1, 0.15) is 5.75 Å². The molecule has 4 heteroatoms. The SMILES string of the molecule is COc1ccc(N2C(=O)CC2/C=C/c2ccccc2)cc1[C@H](C)O. The van der Waals surface area contributed by atoms with E-state index in [1.165, 1.54) is 0 Å². The summed E-state index contributed by atoms with van der Waals surface area (Å²) in [7, 11) is 1.57. The molecule has 0 radical (unpaired) electrons. The van der Waals surface area contributed by atoms with Crippen LogP contribution in [0.1, 0.15) is 30.6 Å². The molecule has 2 aromatic rings. The molecule has 1 unspecified atom stereocenters. The Balaban J connectivity index is 1.84. The van der Waals surface area contributed by atoms with E-state index < -0.39 is 6.10 Å². The number of aliphatic hydroxyl groups is 1. The minimum absolute atomic E-state index is 0.0351. The maximum Gasteiger partial charge on any atom is 0.229 e. The third-order valence-corrected chi connectivity index (χ3v) is 4.24. The van der Waals surface area contributed by atoms with E-state index in [1.807, 2.05) is 54.6 Å². The van der Waals surface area contributed by atoms with Crippen LogP contribution in [0.5, 0.6) is 5.75 Å². The molecular weight excluding hydrogens is 302 g/mol. The van der Waals surface area contributed by atoms with Crippen LogP contribution in [-0.4, -0.2) is 24.2 Å². The van der Waals surface area contributed by atoms with E-state index in [9.17, 15) is 9.90 Å². The van der Waals surface area contributed by atoms with Crippen molar-refractivity contribution in [1.82, 2.24) is 0 Å². The van der Waals surface area contributed by atoms with Crippen LogP contribution in [0, 0.1) is 0 Å². The highest BCUT2D eigenvalue weighted by molar-refractivity contribution is 6.02. The molecule has 0 saturated carbocycles. The van der Waals surface area contributed by atoms with Gasteiger partial charge in [0.05, 0.1) is 25.7 Å². The lowest BCUT2D eigenvalue weighted by atomic mass is 9.97. The van der Waals surface area contributed by atoms with Gasteiger partial charge < -0.3 is 14.7 Å². The molecule has 1 aliphatic rings. The Kier molecular flexibility index (Phi) is 4.67. The van der Waals surface area contributed by atoms with Crippen molar-refractivity contribution in [2.45, 2.75) is 25.5 Å². The maximum atomic E-state index is 12.1. The lowest BCUT2D eigenvalue weighted by molar-refractivity contribution is -0.123. The van der Waals surface area contributed by atoms with Crippen LogP contribution in [0.15, 0.2) is 54.6 Å². The van der Waals surface area contributed by atoms with Crippen molar-refractivity contribution in [3.05, 3.63) is 65.7 Å². The highest BCUT2D eigenvalue weighted by Gasteiger charge is 2.35. The number of carbonyl (C=O) groups excluding carboxylic acids is 1. The molecule has 1 amide bonds. The quantitative estimate of drug-likeness (QED) is 0.856. The molecule has 0 aromatic heterocycles. The summed E-state index contributed by atoms with van der Waals surface area (Å²) in [5.41, 5.74) is 2.57. The van der Waals surface area contributed by atoms with Gasteiger partial charge in [-0.15, -0.1) is 0 Å². The van der Waals surface area contributed by atoms with Crippen LogP contribution < -0.4 is 9.64 Å². The third-order valence-electron chi connectivity index (χ3n) is 4.24. The van der Waals surface area contributed by atoms with Gasteiger partial charge in [0, 0.05) is 11.3 Å². The summed E-state index contributed by atoms with van der Waals surface area (Å²) in [5, 5.41) is 9.92. The molecule has 0 spiro atoms. The number of rotatable bonds is 5. The Bertz CT molecular complexity index is 753. The average molecular weight is 323 g/mol. The predicted molar refractivity (Wildman–Crippen MR) is 95.0 cm³/mol. The summed E-state index contributed by atoms with van der Waals surface area (Å²) in [4.78, 5) is 13.8. The van der Waals surface area contributed by atoms with Crippen molar-refractivity contribution in [3.8, 4) is 5.75 Å². The summed E-state index contributed by atoms with van der Waals surface area (Å²) in [5.74, 6) is 0.706. The second kappa shape index (κ2) is 6.89. The van der Waals surface area contributed by atoms with Crippen molar-refractivity contribution >= 4 is 17.7 Å². The van der Waals surface area contributed by atoms with Gasteiger partial charge in [-0.25, -0.2) is 0 Å². The van der Waals surface area contributed by atoms with Gasteiger partial charge in [-0.3, -0.25) is 4.79 Å². The van der Waals surface area contributed by atoms with E-state index in [1.54, 1.807) is 25.0 Å². The molecule has 0 aliphatic carbocycles. The Labute approximate surface area is 142 Å². The zero-order chi connectivity index (χ0) is 17.1. The summed E-state index contributed by atoms with van der Waals surface area (Å²) >= 11 is 0. The monoisotopic (exact) mass is 323 g/mol. The minimum Gasteiger partial charge on any atom is -0.496 e. The fourth-order valence-electron chi connectivity index (χ4n) is 2.92. The molecule has 3 rings (SSSR count). The lowest BCUT2D eigenvalue weighted by Crippen LogP contribution is -2.51. The van der Waals surface area contributed by atoms with Crippen LogP contribution in [0.4, 0.5) is 5.69 Å². The summed E-state index contributed by atoms with van der Waals surface area (Å²) < 4.78 is 5.27. The van der Waals surface area contributed by atoms with E-state index in [-0.39, 0.29) is 11.9 Å². The number of nitrogens with zero attached hydrogens (tertiary/aromatic N) is 1. The van der Waals surface area contributed by atoms with E-state index in [2.05, 4.69) is 0 Å². The molecule has 2 aromatic carbocycles. The van der Waals surface area contributed by atoms with Gasteiger partial charge in [-0.2, -0.15) is 0 Å². The fraction of sp³-hybridized carbons (Fsp3) is 0.250. The standard InChI is InChI=1S/C20H21NO3/c1-14(22)18-12-16(10-11-19(18)24-2)21-17(13-20(21)23)9-8-15-6-4-3-5-7-15/h3-12,14,17,22H,13H2,1-2H3/b9-8+/t14-,17?/m0/s1. The van der Waals surface area contributed by atoms with Crippen molar-refractivity contribution in [1.29, 1.82) is 0 Å². The van der Waals surface area contributed by atoms with Gasteiger partial charge in [0.15, 0.2) is 0 Å². The van der Waals surface area contributed by atoms with Crippen LogP contribution in [0.3, 0.4) is 0 Å². The van der Waals surface area contributed by atoms with Gasteiger partial charge in [0.25, 0.3) is 0 Å². The highest BCUT2D eigenvalue weighted by Crippen LogP contribution is 2.34. The number of anilines is 1. The number of carbonyl (C=O) groups is 1. The number of aliphatic hydroxyl groups excluding tert-OH is 1. The van der Waals surface area contributed by atoms with E-state index >= 15 is 0 Å². The molecule has 124 valence electrons. The van der Waals surface area contributed by atoms with Gasteiger partial charge in [-0.1, -0.05) is 42.5 Å². The van der Waals surface area contributed by atoms with Crippen LogP contribution in [0.25, 0.3) is 6.08 Å². The van der Waals surface area contributed by atoms with Crippen molar-refractivity contribution in [3.63, 3.8) is 0 Å². The first kappa shape index (κ1) is 16.3. The van der Waals surface area contributed by atoms with Gasteiger partial charge in [0.2, 0.25) is 5.91 Å². The minimum atomic E-state index is -0.658. The molecule has 1 fully saturated rings. The second-order valence-corrected chi connectivity index (χ2v) is 5.91. The molecule has 0 bridgehead atoms. The number of methoxy groups -OCH3 is 1. The van der Waals surface area contributed by atoms with E-state index in [0.717, 1.165) is 11.3 Å². The number of hydrogen-bond donors (Lipinski definition) is 1. The van der Waals surface area contributed by atoms with E-state index in [0.29, 0.717) is 17.7 Å². The van der Waals surface area contributed by atoms with Crippen molar-refractivity contribution in [2.24, 2.45) is 0 Å². The van der Waals surface area contributed by atoms with Crippen LogP contribution >= 0.6 is 0 Å². The Hall–Kier alpha value is -2.59. The first-order valence-electron chi connectivity index (χ1n) is 8.01. The number of hydrogen-bond acceptors (Lipinski definition) is 3. The second-order valence-electron chi connectivity index (χ2n) is 5.91. The number of amides is 1. The normalized spacial score (nSPS) is 18.5. The fourth-order valence-corrected chi connectivity index (χ4v) is 2.92. The van der Waals surface area contributed by atoms with Gasteiger partial charge >= 0.3 is 0 Å².